The number of carbonyl (C=O) groups excluding carboxylic acids is 1. The molecule has 1 saturated carbocycles. The van der Waals surface area contributed by atoms with Gasteiger partial charge in [-0.15, -0.1) is 0 Å². The number of nitrogens with zero attached hydrogens (tertiary/aromatic N) is 1. The molecule has 1 aliphatic carbocycles. The highest BCUT2D eigenvalue weighted by molar-refractivity contribution is 6.10. The lowest BCUT2D eigenvalue weighted by Gasteiger charge is -2.11. The highest BCUT2D eigenvalue weighted by atomic mass is 19.4. The normalized spacial score (nSPS) is 15.8. The topological polar surface area (TPSA) is 95.1 Å². The number of aromatic amines is 1. The Kier molecular flexibility index (Phi) is 3.58. The summed E-state index contributed by atoms with van der Waals surface area (Å²) in [6, 6.07) is 6.83. The van der Waals surface area contributed by atoms with Crippen LogP contribution in [0.1, 0.15) is 18.5 Å². The zero-order chi connectivity index (χ0) is 17.5. The number of hydrogen-bond acceptors (Lipinski definition) is 3. The molecule has 0 atom stereocenters. The van der Waals surface area contributed by atoms with E-state index in [4.69, 9.17) is 5.11 Å². The van der Waals surface area contributed by atoms with Crippen molar-refractivity contribution in [1.82, 2.24) is 10.2 Å². The van der Waals surface area contributed by atoms with Crippen LogP contribution in [0.15, 0.2) is 30.3 Å². The number of carbonyl (C=O) groups is 2. The van der Waals surface area contributed by atoms with Crippen LogP contribution >= 0.6 is 0 Å². The van der Waals surface area contributed by atoms with Crippen LogP contribution in [-0.2, 0) is 15.8 Å². The van der Waals surface area contributed by atoms with Crippen molar-refractivity contribution in [2.75, 3.05) is 5.32 Å². The van der Waals surface area contributed by atoms with Gasteiger partial charge in [-0.05, 0) is 31.0 Å². The maximum absolute atomic E-state index is 12.5. The third-order valence-electron chi connectivity index (χ3n) is 3.92. The van der Waals surface area contributed by atoms with Crippen molar-refractivity contribution in [2.45, 2.75) is 19.0 Å². The molecule has 1 aliphatic rings. The number of aromatic nitrogens is 2. The minimum Gasteiger partial charge on any atom is -0.480 e. The summed E-state index contributed by atoms with van der Waals surface area (Å²) in [6.07, 6.45) is -3.92. The van der Waals surface area contributed by atoms with Crippen LogP contribution in [0.25, 0.3) is 11.3 Å². The van der Waals surface area contributed by atoms with E-state index in [0.29, 0.717) is 24.1 Å². The number of benzene rings is 1. The second-order valence-corrected chi connectivity index (χ2v) is 5.58. The van der Waals surface area contributed by atoms with Gasteiger partial charge in [0.15, 0.2) is 0 Å². The third kappa shape index (κ3) is 2.84. The molecular formula is C15H12F3N3O3. The number of halogens is 3. The first-order valence-corrected chi connectivity index (χ1v) is 7.00. The molecule has 2 aromatic rings. The molecule has 0 unspecified atom stereocenters. The van der Waals surface area contributed by atoms with E-state index in [9.17, 15) is 22.8 Å². The van der Waals surface area contributed by atoms with Crippen LogP contribution in [0.3, 0.4) is 0 Å². The van der Waals surface area contributed by atoms with Gasteiger partial charge in [0.1, 0.15) is 11.1 Å². The molecule has 24 heavy (non-hydrogen) atoms. The molecule has 0 spiro atoms. The van der Waals surface area contributed by atoms with E-state index in [1.165, 1.54) is 24.3 Å². The van der Waals surface area contributed by atoms with Crippen molar-refractivity contribution >= 4 is 17.6 Å². The minimum absolute atomic E-state index is 0.115. The van der Waals surface area contributed by atoms with E-state index in [0.717, 1.165) is 6.07 Å². The number of nitrogens with one attached hydrogen (secondary N) is 2. The number of aliphatic carboxylic acids is 1. The second-order valence-electron chi connectivity index (χ2n) is 5.58. The first kappa shape index (κ1) is 16.0. The van der Waals surface area contributed by atoms with Crippen molar-refractivity contribution in [3.05, 3.63) is 36.0 Å². The molecule has 126 valence electrons. The molecule has 6 nitrogen and oxygen atoms in total. The van der Waals surface area contributed by atoms with Gasteiger partial charge in [0.25, 0.3) is 0 Å². The molecule has 0 bridgehead atoms. The van der Waals surface area contributed by atoms with Gasteiger partial charge in [0, 0.05) is 11.3 Å². The van der Waals surface area contributed by atoms with E-state index in [1.54, 1.807) is 0 Å². The lowest BCUT2D eigenvalue weighted by Crippen LogP contribution is -2.31. The largest absolute Gasteiger partial charge is 0.480 e. The van der Waals surface area contributed by atoms with Crippen LogP contribution in [0.5, 0.6) is 0 Å². The first-order chi connectivity index (χ1) is 11.2. The lowest BCUT2D eigenvalue weighted by molar-refractivity contribution is -0.147. The Morgan fingerprint density at radius 1 is 1.21 bits per heavy atom. The second kappa shape index (κ2) is 5.36. The zero-order valence-electron chi connectivity index (χ0n) is 12.1. The molecule has 3 rings (SSSR count). The summed E-state index contributed by atoms with van der Waals surface area (Å²) >= 11 is 0. The van der Waals surface area contributed by atoms with Crippen LogP contribution in [0, 0.1) is 5.41 Å². The molecule has 3 N–H and O–H groups in total. The van der Waals surface area contributed by atoms with Crippen LogP contribution in [0.2, 0.25) is 0 Å². The van der Waals surface area contributed by atoms with Crippen LogP contribution in [-0.4, -0.2) is 27.2 Å². The van der Waals surface area contributed by atoms with Crippen molar-refractivity contribution < 1.29 is 27.9 Å². The van der Waals surface area contributed by atoms with Gasteiger partial charge in [-0.3, -0.25) is 14.7 Å². The number of alkyl halides is 3. The Morgan fingerprint density at radius 3 is 2.29 bits per heavy atom. The quantitative estimate of drug-likeness (QED) is 0.747. The molecule has 1 aromatic carbocycles. The number of H-pyrrole nitrogens is 1. The SMILES string of the molecule is O=C(O)C1(C(=O)Nc2ccc(-c3cc(C(F)(F)F)[nH]n3)cc2)CC1. The Balaban J connectivity index is 1.73. The van der Waals surface area contributed by atoms with Crippen LogP contribution < -0.4 is 5.32 Å². The fourth-order valence-electron chi connectivity index (χ4n) is 2.25. The fraction of sp³-hybridized carbons (Fsp3) is 0.267. The monoisotopic (exact) mass is 339 g/mol. The molecule has 9 heteroatoms. The van der Waals surface area contributed by atoms with Gasteiger partial charge in [0.2, 0.25) is 5.91 Å². The molecule has 0 radical (unpaired) electrons. The number of anilines is 1. The summed E-state index contributed by atoms with van der Waals surface area (Å²) in [7, 11) is 0. The smallest absolute Gasteiger partial charge is 0.432 e. The third-order valence-corrected chi connectivity index (χ3v) is 3.92. The maximum atomic E-state index is 12.5. The van der Waals surface area contributed by atoms with Gasteiger partial charge in [-0.1, -0.05) is 12.1 Å². The summed E-state index contributed by atoms with van der Waals surface area (Å²) in [5.41, 5.74) is -1.40. The number of hydrogen-bond donors (Lipinski definition) is 3. The average Bonchev–Trinajstić information content (AvgIpc) is 3.18. The van der Waals surface area contributed by atoms with Crippen molar-refractivity contribution in [2.24, 2.45) is 5.41 Å². The molecule has 1 heterocycles. The van der Waals surface area contributed by atoms with E-state index >= 15 is 0 Å². The van der Waals surface area contributed by atoms with Gasteiger partial charge < -0.3 is 10.4 Å². The molecule has 0 aliphatic heterocycles. The van der Waals surface area contributed by atoms with Crippen molar-refractivity contribution in [3.8, 4) is 11.3 Å². The average molecular weight is 339 g/mol. The van der Waals surface area contributed by atoms with Crippen LogP contribution in [0.4, 0.5) is 18.9 Å². The van der Waals surface area contributed by atoms with Gasteiger partial charge in [0.05, 0.1) is 5.69 Å². The number of carboxylic acids is 1. The summed E-state index contributed by atoms with van der Waals surface area (Å²) in [4.78, 5) is 23.0. The van der Waals surface area contributed by atoms with Gasteiger partial charge >= 0.3 is 12.1 Å². The highest BCUT2D eigenvalue weighted by Gasteiger charge is 2.57. The highest BCUT2D eigenvalue weighted by Crippen LogP contribution is 2.46. The predicted molar refractivity (Wildman–Crippen MR) is 77.0 cm³/mol. The summed E-state index contributed by atoms with van der Waals surface area (Å²) < 4.78 is 37.6. The van der Waals surface area contributed by atoms with E-state index in [-0.39, 0.29) is 5.69 Å². The van der Waals surface area contributed by atoms with Gasteiger partial charge in [-0.25, -0.2) is 0 Å². The Morgan fingerprint density at radius 2 is 1.83 bits per heavy atom. The summed E-state index contributed by atoms with van der Waals surface area (Å²) in [6.45, 7) is 0. The fourth-order valence-corrected chi connectivity index (χ4v) is 2.25. The van der Waals surface area contributed by atoms with E-state index in [1.807, 2.05) is 5.10 Å². The maximum Gasteiger partial charge on any atom is 0.432 e. The number of carboxylic acid groups (broad SMARTS) is 1. The minimum atomic E-state index is -4.51. The Hall–Kier alpha value is -2.84. The molecule has 1 aromatic heterocycles. The Bertz CT molecular complexity index is 792. The first-order valence-electron chi connectivity index (χ1n) is 7.00. The predicted octanol–water partition coefficient (Wildman–Crippen LogP) is 2.90. The van der Waals surface area contributed by atoms with E-state index < -0.39 is 29.2 Å². The standard InChI is InChI=1S/C15H12F3N3O3/c16-15(17,18)11-7-10(20-21-11)8-1-3-9(4-2-8)19-12(22)14(5-6-14)13(23)24/h1-4,7H,5-6H2,(H,19,22)(H,20,21)(H,23,24). The lowest BCUT2D eigenvalue weighted by atomic mass is 10.1. The van der Waals surface area contributed by atoms with Crippen molar-refractivity contribution in [3.63, 3.8) is 0 Å². The van der Waals surface area contributed by atoms with E-state index in [2.05, 4.69) is 10.4 Å². The molecule has 1 amide bonds. The van der Waals surface area contributed by atoms with Crippen molar-refractivity contribution in [1.29, 1.82) is 0 Å². The molecular weight excluding hydrogens is 327 g/mol. The number of amides is 1. The molecule has 1 fully saturated rings. The summed E-state index contributed by atoms with van der Waals surface area (Å²) in [5.74, 6) is -1.75. The van der Waals surface area contributed by atoms with Gasteiger partial charge in [-0.2, -0.15) is 18.3 Å². The number of rotatable bonds is 4. The Labute approximate surface area is 133 Å². The zero-order valence-corrected chi connectivity index (χ0v) is 12.1. The summed E-state index contributed by atoms with van der Waals surface area (Å²) in [5, 5.41) is 17.1. The molecule has 0 saturated heterocycles.